The molecule has 3 fully saturated rings. The summed E-state index contributed by atoms with van der Waals surface area (Å²) in [6.45, 7) is 3.17. The number of amides is 2. The smallest absolute Gasteiger partial charge is 0.274 e. The van der Waals surface area contributed by atoms with Crippen molar-refractivity contribution in [1.82, 2.24) is 10.2 Å². The fourth-order valence-electron chi connectivity index (χ4n) is 5.46. The van der Waals surface area contributed by atoms with Gasteiger partial charge in [-0.3, -0.25) is 19.7 Å². The Bertz CT molecular complexity index is 1250. The summed E-state index contributed by atoms with van der Waals surface area (Å²) >= 11 is 5.99. The summed E-state index contributed by atoms with van der Waals surface area (Å²) in [6, 6.07) is 7.08. The van der Waals surface area contributed by atoms with E-state index in [-0.39, 0.29) is 50.7 Å². The molecule has 1 aliphatic heterocycles. The molecular weight excluding hydrogens is 501 g/mol. The van der Waals surface area contributed by atoms with Gasteiger partial charge in [-0.05, 0) is 75.0 Å². The van der Waals surface area contributed by atoms with Gasteiger partial charge in [0.2, 0.25) is 0 Å². The maximum atomic E-state index is 14.6. The van der Waals surface area contributed by atoms with Gasteiger partial charge in [0.25, 0.3) is 17.5 Å². The Hall–Kier alpha value is -3.20. The highest BCUT2D eigenvalue weighted by Gasteiger charge is 2.47. The molecular formula is C27H29ClFN3O5. The number of nitro benzene ring substituents is 1. The van der Waals surface area contributed by atoms with Crippen molar-refractivity contribution >= 4 is 29.1 Å². The summed E-state index contributed by atoms with van der Waals surface area (Å²) in [5.41, 5.74) is 0.383. The molecule has 1 heterocycles. The standard InChI is InChI=1S/C27H29ClFN3O5/c1-16-22(10-18(28)11-24(16)32(35)36)25(33)30-19-13-27(14-19)6-8-31(9-7-27)26(34)21-5-4-20(12-23(21)29)37-15-17-2-3-17/h4-5,10-12,17,19H,2-3,6-9,13-15H2,1H3,(H,30,33). The lowest BCUT2D eigenvalue weighted by molar-refractivity contribution is -0.385. The van der Waals surface area contributed by atoms with Gasteiger partial charge < -0.3 is 15.0 Å². The molecule has 2 saturated carbocycles. The highest BCUT2D eigenvalue weighted by Crippen LogP contribution is 2.49. The van der Waals surface area contributed by atoms with Crippen molar-refractivity contribution in [2.24, 2.45) is 11.3 Å². The number of piperidine rings is 1. The molecule has 2 aliphatic carbocycles. The number of carbonyl (C=O) groups is 2. The van der Waals surface area contributed by atoms with Crippen LogP contribution >= 0.6 is 11.6 Å². The molecule has 1 N–H and O–H groups in total. The van der Waals surface area contributed by atoms with Gasteiger partial charge >= 0.3 is 0 Å². The Labute approximate surface area is 219 Å². The van der Waals surface area contributed by atoms with Crippen LogP contribution in [-0.2, 0) is 0 Å². The first kappa shape index (κ1) is 25.4. The highest BCUT2D eigenvalue weighted by molar-refractivity contribution is 6.31. The van der Waals surface area contributed by atoms with Crippen molar-refractivity contribution in [2.45, 2.75) is 51.5 Å². The molecule has 0 unspecified atom stereocenters. The average molecular weight is 530 g/mol. The van der Waals surface area contributed by atoms with Crippen LogP contribution in [0.25, 0.3) is 0 Å². The number of nitrogens with one attached hydrogen (secondary N) is 1. The van der Waals surface area contributed by atoms with Crippen LogP contribution in [0, 0.1) is 34.2 Å². The van der Waals surface area contributed by atoms with E-state index in [1.54, 1.807) is 11.0 Å². The second kappa shape index (κ2) is 9.93. The largest absolute Gasteiger partial charge is 0.493 e. The SMILES string of the molecule is Cc1c(C(=O)NC2CC3(CCN(C(=O)c4ccc(OCC5CC5)cc4F)CC3)C2)cc(Cl)cc1[N+](=O)[O-]. The fourth-order valence-corrected chi connectivity index (χ4v) is 5.67. The van der Waals surface area contributed by atoms with Gasteiger partial charge in [0, 0.05) is 41.9 Å². The van der Waals surface area contributed by atoms with Crippen molar-refractivity contribution in [3.63, 3.8) is 0 Å². The van der Waals surface area contributed by atoms with Gasteiger partial charge in [0.05, 0.1) is 22.7 Å². The van der Waals surface area contributed by atoms with Crippen molar-refractivity contribution in [1.29, 1.82) is 0 Å². The zero-order chi connectivity index (χ0) is 26.3. The number of halogens is 2. The number of hydrogen-bond acceptors (Lipinski definition) is 5. The van der Waals surface area contributed by atoms with Crippen LogP contribution in [0.1, 0.15) is 64.8 Å². The first-order chi connectivity index (χ1) is 17.6. The molecule has 0 bridgehead atoms. The molecule has 196 valence electrons. The Morgan fingerprint density at radius 3 is 2.51 bits per heavy atom. The van der Waals surface area contributed by atoms with E-state index in [4.69, 9.17) is 16.3 Å². The van der Waals surface area contributed by atoms with Crippen LogP contribution in [0.3, 0.4) is 0 Å². The first-order valence-electron chi connectivity index (χ1n) is 12.6. The van der Waals surface area contributed by atoms with E-state index >= 15 is 0 Å². The molecule has 0 aromatic heterocycles. The number of rotatable bonds is 7. The van der Waals surface area contributed by atoms with Gasteiger partial charge in [-0.15, -0.1) is 0 Å². The van der Waals surface area contributed by atoms with Crippen LogP contribution < -0.4 is 10.1 Å². The van der Waals surface area contributed by atoms with Gasteiger partial charge in [0.15, 0.2) is 0 Å². The Morgan fingerprint density at radius 2 is 1.89 bits per heavy atom. The van der Waals surface area contributed by atoms with Crippen LogP contribution in [0.5, 0.6) is 5.75 Å². The highest BCUT2D eigenvalue weighted by atomic mass is 35.5. The number of nitro groups is 1. The molecule has 8 nitrogen and oxygen atoms in total. The van der Waals surface area contributed by atoms with Gasteiger partial charge in [-0.2, -0.15) is 0 Å². The number of benzene rings is 2. The predicted octanol–water partition coefficient (Wildman–Crippen LogP) is 5.30. The first-order valence-corrected chi connectivity index (χ1v) is 13.0. The van der Waals surface area contributed by atoms with E-state index in [0.717, 1.165) is 38.5 Å². The molecule has 37 heavy (non-hydrogen) atoms. The molecule has 2 aromatic rings. The Balaban J connectivity index is 1.13. The zero-order valence-electron chi connectivity index (χ0n) is 20.6. The van der Waals surface area contributed by atoms with E-state index in [1.165, 1.54) is 31.2 Å². The zero-order valence-corrected chi connectivity index (χ0v) is 21.4. The van der Waals surface area contributed by atoms with Crippen LogP contribution in [0.15, 0.2) is 30.3 Å². The summed E-state index contributed by atoms with van der Waals surface area (Å²) in [7, 11) is 0. The molecule has 5 rings (SSSR count). The third kappa shape index (κ3) is 5.42. The quantitative estimate of drug-likeness (QED) is 0.387. The van der Waals surface area contributed by atoms with Gasteiger partial charge in [-0.25, -0.2) is 4.39 Å². The topological polar surface area (TPSA) is 102 Å². The van der Waals surface area contributed by atoms with Crippen LogP contribution in [0.4, 0.5) is 10.1 Å². The van der Waals surface area contributed by atoms with Crippen molar-refractivity contribution in [2.75, 3.05) is 19.7 Å². The average Bonchev–Trinajstić information content (AvgIpc) is 3.67. The molecule has 10 heteroatoms. The lowest BCUT2D eigenvalue weighted by Crippen LogP contribution is -2.55. The van der Waals surface area contributed by atoms with Crippen molar-refractivity contribution < 1.29 is 23.6 Å². The van der Waals surface area contributed by atoms with Gasteiger partial charge in [-0.1, -0.05) is 11.6 Å². The summed E-state index contributed by atoms with van der Waals surface area (Å²) in [6.07, 6.45) is 5.38. The summed E-state index contributed by atoms with van der Waals surface area (Å²) in [5.74, 6) is -0.254. The fraction of sp³-hybridized carbons (Fsp3) is 0.481. The summed E-state index contributed by atoms with van der Waals surface area (Å²) in [4.78, 5) is 38.2. The molecule has 2 aromatic carbocycles. The molecule has 0 atom stereocenters. The molecule has 1 saturated heterocycles. The van der Waals surface area contributed by atoms with Crippen molar-refractivity contribution in [3.8, 4) is 5.75 Å². The van der Waals surface area contributed by atoms with Crippen LogP contribution in [0.2, 0.25) is 5.02 Å². The van der Waals surface area contributed by atoms with E-state index in [2.05, 4.69) is 5.32 Å². The normalized spacial score (nSPS) is 18.8. The second-order valence-electron chi connectivity index (χ2n) is 10.6. The number of carbonyl (C=O) groups excluding carboxylic acids is 2. The number of nitrogens with zero attached hydrogens (tertiary/aromatic N) is 2. The lowest BCUT2D eigenvalue weighted by atomic mass is 9.60. The van der Waals surface area contributed by atoms with E-state index in [9.17, 15) is 24.1 Å². The predicted molar refractivity (Wildman–Crippen MR) is 136 cm³/mol. The Kier molecular flexibility index (Phi) is 6.83. The molecule has 1 spiro atoms. The maximum absolute atomic E-state index is 14.6. The maximum Gasteiger partial charge on any atom is 0.274 e. The number of hydrogen-bond donors (Lipinski definition) is 1. The van der Waals surface area contributed by atoms with E-state index in [1.807, 2.05) is 0 Å². The van der Waals surface area contributed by atoms with E-state index in [0.29, 0.717) is 31.4 Å². The summed E-state index contributed by atoms with van der Waals surface area (Å²) in [5, 5.41) is 14.4. The Morgan fingerprint density at radius 1 is 1.19 bits per heavy atom. The lowest BCUT2D eigenvalue weighted by Gasteiger charge is -2.52. The third-order valence-electron chi connectivity index (χ3n) is 7.95. The minimum absolute atomic E-state index is 0.0309. The third-order valence-corrected chi connectivity index (χ3v) is 8.16. The minimum atomic E-state index is -0.568. The summed E-state index contributed by atoms with van der Waals surface area (Å²) < 4.78 is 20.3. The van der Waals surface area contributed by atoms with E-state index < -0.39 is 10.7 Å². The van der Waals surface area contributed by atoms with Crippen molar-refractivity contribution in [3.05, 3.63) is 68.0 Å². The van der Waals surface area contributed by atoms with Gasteiger partial charge in [0.1, 0.15) is 11.6 Å². The molecule has 2 amide bonds. The number of likely N-dealkylation sites (tertiary alicyclic amines) is 1. The van der Waals surface area contributed by atoms with Crippen LogP contribution in [-0.4, -0.2) is 47.4 Å². The number of ether oxygens (including phenoxy) is 1. The second-order valence-corrected chi connectivity index (χ2v) is 11.1. The minimum Gasteiger partial charge on any atom is -0.493 e. The molecule has 3 aliphatic rings. The monoisotopic (exact) mass is 529 g/mol. The molecule has 0 radical (unpaired) electrons.